The summed E-state index contributed by atoms with van der Waals surface area (Å²) < 4.78 is 56.1. The van der Waals surface area contributed by atoms with Crippen molar-refractivity contribution in [1.82, 2.24) is 24.5 Å². The molecule has 0 atom stereocenters. The highest BCUT2D eigenvalue weighted by atomic mass is 19.3. The lowest BCUT2D eigenvalue weighted by molar-refractivity contribution is -0.116. The molecule has 4 rings (SSSR count). The first-order valence-electron chi connectivity index (χ1n) is 9.62. The number of aryl methyl sites for hydroxylation is 1. The molecule has 1 aromatic carbocycles. The van der Waals surface area contributed by atoms with Gasteiger partial charge in [0.15, 0.2) is 5.65 Å². The number of nitrogens with one attached hydrogen (secondary N) is 1. The molecule has 3 heterocycles. The summed E-state index contributed by atoms with van der Waals surface area (Å²) in [6.45, 7) is 1.59. The Balaban J connectivity index is 1.58. The van der Waals surface area contributed by atoms with Gasteiger partial charge in [0.05, 0.1) is 17.6 Å². The van der Waals surface area contributed by atoms with E-state index in [2.05, 4.69) is 20.5 Å². The molecule has 0 aliphatic rings. The Kier molecular flexibility index (Phi) is 5.89. The zero-order valence-corrected chi connectivity index (χ0v) is 16.8. The Morgan fingerprint density at radius 2 is 1.94 bits per heavy atom. The van der Waals surface area contributed by atoms with Gasteiger partial charge in [-0.05, 0) is 36.8 Å². The topological polar surface area (TPSA) is 77.6 Å². The second-order valence-corrected chi connectivity index (χ2v) is 7.13. The highest BCUT2D eigenvalue weighted by Crippen LogP contribution is 2.32. The van der Waals surface area contributed by atoms with Gasteiger partial charge in [0, 0.05) is 23.6 Å². The van der Waals surface area contributed by atoms with Crippen LogP contribution in [0, 0.1) is 6.92 Å². The molecular formula is C21H18F4N6O. The predicted octanol–water partition coefficient (Wildman–Crippen LogP) is 4.50. The summed E-state index contributed by atoms with van der Waals surface area (Å²) in [5.74, 6) is -0.506. The van der Waals surface area contributed by atoms with Gasteiger partial charge in [0.1, 0.15) is 12.2 Å². The van der Waals surface area contributed by atoms with Gasteiger partial charge in [-0.3, -0.25) is 9.48 Å². The first-order valence-corrected chi connectivity index (χ1v) is 9.62. The fourth-order valence-electron chi connectivity index (χ4n) is 3.47. The predicted molar refractivity (Wildman–Crippen MR) is 109 cm³/mol. The fourth-order valence-corrected chi connectivity index (χ4v) is 3.47. The molecule has 0 aliphatic heterocycles. The van der Waals surface area contributed by atoms with Crippen LogP contribution in [0.4, 0.5) is 23.2 Å². The van der Waals surface area contributed by atoms with Gasteiger partial charge < -0.3 is 5.32 Å². The molecule has 32 heavy (non-hydrogen) atoms. The minimum Gasteiger partial charge on any atom is -0.324 e. The summed E-state index contributed by atoms with van der Waals surface area (Å²) >= 11 is 0. The van der Waals surface area contributed by atoms with Crippen molar-refractivity contribution in [1.29, 1.82) is 0 Å². The third-order valence-electron chi connectivity index (χ3n) is 4.79. The van der Waals surface area contributed by atoms with E-state index < -0.39 is 30.0 Å². The molecule has 7 nitrogen and oxygen atoms in total. The van der Waals surface area contributed by atoms with Crippen LogP contribution in [-0.2, 0) is 17.9 Å². The van der Waals surface area contributed by atoms with Gasteiger partial charge in [0.25, 0.3) is 12.9 Å². The molecule has 0 fully saturated rings. The smallest absolute Gasteiger partial charge is 0.280 e. The first-order chi connectivity index (χ1) is 15.3. The van der Waals surface area contributed by atoms with E-state index in [1.807, 2.05) is 12.3 Å². The van der Waals surface area contributed by atoms with E-state index in [1.54, 1.807) is 35.1 Å². The van der Waals surface area contributed by atoms with Crippen LogP contribution >= 0.6 is 0 Å². The van der Waals surface area contributed by atoms with Crippen molar-refractivity contribution in [3.63, 3.8) is 0 Å². The molecule has 0 saturated heterocycles. The second-order valence-electron chi connectivity index (χ2n) is 7.13. The Bertz CT molecular complexity index is 1250. The van der Waals surface area contributed by atoms with E-state index in [-0.39, 0.29) is 23.3 Å². The number of hydrogen-bond acceptors (Lipinski definition) is 4. The number of aromatic nitrogens is 5. The van der Waals surface area contributed by atoms with Gasteiger partial charge >= 0.3 is 0 Å². The maximum absolute atomic E-state index is 13.5. The van der Waals surface area contributed by atoms with Gasteiger partial charge in [0.2, 0.25) is 5.91 Å². The number of hydrogen-bond donors (Lipinski definition) is 1. The number of carbonyl (C=O) groups excluding carboxylic acids is 1. The Hall–Kier alpha value is -3.76. The summed E-state index contributed by atoms with van der Waals surface area (Å²) in [7, 11) is 0. The van der Waals surface area contributed by atoms with Crippen LogP contribution in [-0.4, -0.2) is 30.5 Å². The number of pyridine rings is 1. The third-order valence-corrected chi connectivity index (χ3v) is 4.79. The van der Waals surface area contributed by atoms with E-state index in [0.717, 1.165) is 10.2 Å². The summed E-state index contributed by atoms with van der Waals surface area (Å²) in [5.41, 5.74) is 0.0383. The maximum atomic E-state index is 13.5. The molecule has 0 saturated carbocycles. The first kappa shape index (κ1) is 21.5. The SMILES string of the molecule is Cc1nn(CC(=O)Nc2cccc(Cn3cccn3)c2)c2nc(C(F)F)cc(C(F)F)c12. The summed E-state index contributed by atoms with van der Waals surface area (Å²) in [6.07, 6.45) is -2.55. The van der Waals surface area contributed by atoms with Crippen LogP contribution in [0.3, 0.4) is 0 Å². The van der Waals surface area contributed by atoms with Crippen LogP contribution in [0.15, 0.2) is 48.8 Å². The van der Waals surface area contributed by atoms with E-state index >= 15 is 0 Å². The normalized spacial score (nSPS) is 11.6. The minimum absolute atomic E-state index is 0.0292. The molecule has 0 unspecified atom stereocenters. The van der Waals surface area contributed by atoms with E-state index in [0.29, 0.717) is 18.3 Å². The fraction of sp³-hybridized carbons (Fsp3) is 0.238. The number of benzene rings is 1. The molecule has 0 bridgehead atoms. The highest BCUT2D eigenvalue weighted by Gasteiger charge is 2.24. The average molecular weight is 446 g/mol. The number of alkyl halides is 4. The number of halogens is 4. The zero-order valence-electron chi connectivity index (χ0n) is 16.8. The summed E-state index contributed by atoms with van der Waals surface area (Å²) in [5, 5.41) is 10.9. The van der Waals surface area contributed by atoms with Crippen LogP contribution in [0.25, 0.3) is 11.0 Å². The molecule has 166 valence electrons. The van der Waals surface area contributed by atoms with Gasteiger partial charge in [-0.1, -0.05) is 12.1 Å². The van der Waals surface area contributed by atoms with Crippen LogP contribution < -0.4 is 5.32 Å². The van der Waals surface area contributed by atoms with E-state index in [4.69, 9.17) is 0 Å². The quantitative estimate of drug-likeness (QED) is 0.424. The highest BCUT2D eigenvalue weighted by molar-refractivity contribution is 5.92. The lowest BCUT2D eigenvalue weighted by Gasteiger charge is -2.09. The van der Waals surface area contributed by atoms with Crippen molar-refractivity contribution >= 4 is 22.6 Å². The number of amides is 1. The third kappa shape index (κ3) is 4.46. The minimum atomic E-state index is -3.04. The summed E-state index contributed by atoms with van der Waals surface area (Å²) in [6, 6.07) is 9.60. The summed E-state index contributed by atoms with van der Waals surface area (Å²) in [4.78, 5) is 16.4. The average Bonchev–Trinajstić information content (AvgIpc) is 3.35. The number of carbonyl (C=O) groups is 1. The lowest BCUT2D eigenvalue weighted by Crippen LogP contribution is -2.20. The number of fused-ring (bicyclic) bond motifs is 1. The standard InChI is InChI=1S/C21H18F4N6O/c1-12-18-15(19(22)23)9-16(20(24)25)28-21(18)31(29-12)11-17(32)27-14-5-2-4-13(8-14)10-30-7-3-6-26-30/h2-9,19-20H,10-11H2,1H3,(H,27,32). The largest absolute Gasteiger partial charge is 0.324 e. The van der Waals surface area contributed by atoms with Crippen molar-refractivity contribution in [3.05, 3.63) is 71.3 Å². The number of nitrogens with zero attached hydrogens (tertiary/aromatic N) is 5. The van der Waals surface area contributed by atoms with Crippen molar-refractivity contribution in [2.24, 2.45) is 0 Å². The van der Waals surface area contributed by atoms with Gasteiger partial charge in [-0.15, -0.1) is 0 Å². The monoisotopic (exact) mass is 446 g/mol. The lowest BCUT2D eigenvalue weighted by atomic mass is 10.1. The van der Waals surface area contributed by atoms with Crippen molar-refractivity contribution < 1.29 is 22.4 Å². The van der Waals surface area contributed by atoms with Crippen LogP contribution in [0.2, 0.25) is 0 Å². The van der Waals surface area contributed by atoms with Crippen LogP contribution in [0.5, 0.6) is 0 Å². The van der Waals surface area contributed by atoms with E-state index in [9.17, 15) is 22.4 Å². The Labute approximate surface area is 179 Å². The molecule has 11 heteroatoms. The molecule has 0 aliphatic carbocycles. The van der Waals surface area contributed by atoms with Crippen molar-refractivity contribution in [2.45, 2.75) is 32.9 Å². The van der Waals surface area contributed by atoms with Crippen molar-refractivity contribution in [2.75, 3.05) is 5.32 Å². The molecule has 3 aromatic heterocycles. The van der Waals surface area contributed by atoms with Gasteiger partial charge in [-0.25, -0.2) is 27.2 Å². The Morgan fingerprint density at radius 3 is 2.62 bits per heavy atom. The molecule has 0 radical (unpaired) electrons. The van der Waals surface area contributed by atoms with E-state index in [1.165, 1.54) is 6.92 Å². The van der Waals surface area contributed by atoms with Crippen LogP contribution in [0.1, 0.15) is 35.4 Å². The van der Waals surface area contributed by atoms with Crippen molar-refractivity contribution in [3.8, 4) is 0 Å². The Morgan fingerprint density at radius 1 is 1.12 bits per heavy atom. The maximum Gasteiger partial charge on any atom is 0.280 e. The zero-order chi connectivity index (χ0) is 22.8. The molecule has 4 aromatic rings. The molecular weight excluding hydrogens is 428 g/mol. The van der Waals surface area contributed by atoms with Gasteiger partial charge in [-0.2, -0.15) is 10.2 Å². The molecule has 0 spiro atoms. The second kappa shape index (κ2) is 8.77. The molecule has 1 amide bonds. The number of anilines is 1. The molecule has 1 N–H and O–H groups in total. The number of rotatable bonds is 7.